The molecule has 1 fully saturated rings. The summed E-state index contributed by atoms with van der Waals surface area (Å²) in [5, 5.41) is 9.25. The minimum Gasteiger partial charge on any atom is -0.478 e. The molecule has 0 atom stereocenters. The molecule has 1 N–H and O–H groups in total. The Hall–Kier alpha value is -2.23. The second-order valence-electron chi connectivity index (χ2n) is 5.14. The van der Waals surface area contributed by atoms with Crippen molar-refractivity contribution < 1.29 is 9.90 Å². The summed E-state index contributed by atoms with van der Waals surface area (Å²) >= 11 is 0. The molecule has 4 nitrogen and oxygen atoms in total. The largest absolute Gasteiger partial charge is 0.478 e. The van der Waals surface area contributed by atoms with E-state index in [4.69, 9.17) is 0 Å². The first-order chi connectivity index (χ1) is 9.75. The normalized spacial score (nSPS) is 15.4. The molecule has 0 spiro atoms. The SMILES string of the molecule is O=C(O)c1ccccc1-c1nccc(C2CCCC2)n1. The van der Waals surface area contributed by atoms with Crippen molar-refractivity contribution in [1.29, 1.82) is 0 Å². The molecule has 0 aliphatic heterocycles. The van der Waals surface area contributed by atoms with Crippen LogP contribution in [0, 0.1) is 0 Å². The van der Waals surface area contributed by atoms with Crippen LogP contribution >= 0.6 is 0 Å². The van der Waals surface area contributed by atoms with Gasteiger partial charge in [-0.2, -0.15) is 0 Å². The van der Waals surface area contributed by atoms with Crippen molar-refractivity contribution in [1.82, 2.24) is 9.97 Å². The first-order valence-corrected chi connectivity index (χ1v) is 6.91. The fraction of sp³-hybridized carbons (Fsp3) is 0.312. The van der Waals surface area contributed by atoms with Crippen LogP contribution in [-0.2, 0) is 0 Å². The molecule has 3 rings (SSSR count). The number of rotatable bonds is 3. The molecule has 0 radical (unpaired) electrons. The van der Waals surface area contributed by atoms with Gasteiger partial charge in [-0.15, -0.1) is 0 Å². The van der Waals surface area contributed by atoms with Crippen molar-refractivity contribution in [2.24, 2.45) is 0 Å². The maximum Gasteiger partial charge on any atom is 0.336 e. The van der Waals surface area contributed by atoms with E-state index in [2.05, 4.69) is 9.97 Å². The third-order valence-corrected chi connectivity index (χ3v) is 3.85. The molecule has 1 aromatic heterocycles. The number of carboxylic acid groups (broad SMARTS) is 1. The smallest absolute Gasteiger partial charge is 0.336 e. The minimum absolute atomic E-state index is 0.246. The van der Waals surface area contributed by atoms with Crippen molar-refractivity contribution in [2.75, 3.05) is 0 Å². The molecule has 102 valence electrons. The third kappa shape index (κ3) is 2.41. The molecule has 4 heteroatoms. The maximum absolute atomic E-state index is 11.3. The van der Waals surface area contributed by atoms with E-state index in [9.17, 15) is 9.90 Å². The topological polar surface area (TPSA) is 63.1 Å². The second-order valence-corrected chi connectivity index (χ2v) is 5.14. The molecule has 0 amide bonds. The molecule has 0 saturated heterocycles. The Morgan fingerprint density at radius 3 is 2.65 bits per heavy atom. The maximum atomic E-state index is 11.3. The summed E-state index contributed by atoms with van der Waals surface area (Å²) in [6.45, 7) is 0. The van der Waals surface area contributed by atoms with Gasteiger partial charge in [-0.05, 0) is 25.0 Å². The van der Waals surface area contributed by atoms with Crippen molar-refractivity contribution in [3.8, 4) is 11.4 Å². The van der Waals surface area contributed by atoms with Crippen molar-refractivity contribution in [2.45, 2.75) is 31.6 Å². The summed E-state index contributed by atoms with van der Waals surface area (Å²) in [5.41, 5.74) is 1.86. The second kappa shape index (κ2) is 5.41. The zero-order valence-corrected chi connectivity index (χ0v) is 11.1. The van der Waals surface area contributed by atoms with Gasteiger partial charge in [-0.1, -0.05) is 31.0 Å². The predicted molar refractivity (Wildman–Crippen MR) is 75.6 cm³/mol. The van der Waals surface area contributed by atoms with E-state index < -0.39 is 5.97 Å². The first-order valence-electron chi connectivity index (χ1n) is 6.91. The average molecular weight is 268 g/mol. The van der Waals surface area contributed by atoms with Gasteiger partial charge < -0.3 is 5.11 Å². The van der Waals surface area contributed by atoms with E-state index in [1.807, 2.05) is 12.1 Å². The molecule has 2 aromatic rings. The van der Waals surface area contributed by atoms with Gasteiger partial charge >= 0.3 is 5.97 Å². The fourth-order valence-corrected chi connectivity index (χ4v) is 2.82. The number of benzene rings is 1. The lowest BCUT2D eigenvalue weighted by Gasteiger charge is -2.10. The lowest BCUT2D eigenvalue weighted by atomic mass is 10.0. The molecule has 0 unspecified atom stereocenters. The number of hydrogen-bond donors (Lipinski definition) is 1. The van der Waals surface area contributed by atoms with Crippen LogP contribution in [0.1, 0.15) is 47.7 Å². The number of nitrogens with zero attached hydrogens (tertiary/aromatic N) is 2. The van der Waals surface area contributed by atoms with Crippen molar-refractivity contribution >= 4 is 5.97 Å². The molecule has 1 aliphatic rings. The molecule has 0 bridgehead atoms. The van der Waals surface area contributed by atoms with E-state index in [0.29, 0.717) is 17.3 Å². The summed E-state index contributed by atoms with van der Waals surface area (Å²) in [4.78, 5) is 20.1. The third-order valence-electron chi connectivity index (χ3n) is 3.85. The zero-order chi connectivity index (χ0) is 13.9. The van der Waals surface area contributed by atoms with Gasteiger partial charge in [0.25, 0.3) is 0 Å². The molecule has 1 saturated carbocycles. The van der Waals surface area contributed by atoms with Crippen LogP contribution in [-0.4, -0.2) is 21.0 Å². The Kier molecular flexibility index (Phi) is 3.46. The van der Waals surface area contributed by atoms with E-state index in [-0.39, 0.29) is 5.56 Å². The Bertz CT molecular complexity index is 634. The van der Waals surface area contributed by atoms with Crippen LogP contribution in [0.25, 0.3) is 11.4 Å². The summed E-state index contributed by atoms with van der Waals surface area (Å²) in [6.07, 6.45) is 6.55. The molecule has 1 heterocycles. The van der Waals surface area contributed by atoms with E-state index in [1.165, 1.54) is 12.8 Å². The summed E-state index contributed by atoms with van der Waals surface area (Å²) in [5.74, 6) is 0.0524. The van der Waals surface area contributed by atoms with Gasteiger partial charge in [-0.3, -0.25) is 0 Å². The van der Waals surface area contributed by atoms with Gasteiger partial charge in [0.2, 0.25) is 0 Å². The number of carbonyl (C=O) groups is 1. The highest BCUT2D eigenvalue weighted by Crippen LogP contribution is 2.33. The average Bonchev–Trinajstić information content (AvgIpc) is 3.01. The molecular weight excluding hydrogens is 252 g/mol. The summed E-state index contributed by atoms with van der Waals surface area (Å²) in [7, 11) is 0. The Labute approximate surface area is 117 Å². The van der Waals surface area contributed by atoms with Gasteiger partial charge in [0, 0.05) is 23.4 Å². The summed E-state index contributed by atoms with van der Waals surface area (Å²) in [6, 6.07) is 8.82. The fourth-order valence-electron chi connectivity index (χ4n) is 2.82. The molecule has 20 heavy (non-hydrogen) atoms. The van der Waals surface area contributed by atoms with Crippen LogP contribution in [0.3, 0.4) is 0 Å². The van der Waals surface area contributed by atoms with Crippen LogP contribution in [0.2, 0.25) is 0 Å². The number of hydrogen-bond acceptors (Lipinski definition) is 3. The lowest BCUT2D eigenvalue weighted by molar-refractivity contribution is 0.0697. The van der Waals surface area contributed by atoms with E-state index in [1.54, 1.807) is 24.4 Å². The number of aromatic nitrogens is 2. The van der Waals surface area contributed by atoms with Crippen LogP contribution in [0.15, 0.2) is 36.5 Å². The summed E-state index contributed by atoms with van der Waals surface area (Å²) < 4.78 is 0. The standard InChI is InChI=1S/C16H16N2O2/c19-16(20)13-8-4-3-7-12(13)15-17-10-9-14(18-15)11-5-1-2-6-11/h3-4,7-11H,1-2,5-6H2,(H,19,20). The highest BCUT2D eigenvalue weighted by atomic mass is 16.4. The predicted octanol–water partition coefficient (Wildman–Crippen LogP) is 3.50. The molecular formula is C16H16N2O2. The highest BCUT2D eigenvalue weighted by Gasteiger charge is 2.20. The molecule has 1 aliphatic carbocycles. The number of carboxylic acids is 1. The molecule has 1 aromatic carbocycles. The monoisotopic (exact) mass is 268 g/mol. The van der Waals surface area contributed by atoms with Crippen molar-refractivity contribution in [3.63, 3.8) is 0 Å². The van der Waals surface area contributed by atoms with Crippen LogP contribution in [0.5, 0.6) is 0 Å². The Balaban J connectivity index is 2.02. The van der Waals surface area contributed by atoms with E-state index >= 15 is 0 Å². The Morgan fingerprint density at radius 1 is 1.15 bits per heavy atom. The first kappa shape index (κ1) is 12.8. The van der Waals surface area contributed by atoms with Gasteiger partial charge in [0.1, 0.15) is 0 Å². The lowest BCUT2D eigenvalue weighted by Crippen LogP contribution is -2.04. The quantitative estimate of drug-likeness (QED) is 0.925. The van der Waals surface area contributed by atoms with Gasteiger partial charge in [-0.25, -0.2) is 14.8 Å². The zero-order valence-electron chi connectivity index (χ0n) is 11.1. The van der Waals surface area contributed by atoms with Crippen LogP contribution < -0.4 is 0 Å². The van der Waals surface area contributed by atoms with Crippen molar-refractivity contribution in [3.05, 3.63) is 47.8 Å². The minimum atomic E-state index is -0.949. The van der Waals surface area contributed by atoms with E-state index in [0.717, 1.165) is 18.5 Å². The Morgan fingerprint density at radius 2 is 1.90 bits per heavy atom. The van der Waals surface area contributed by atoms with Gasteiger partial charge in [0.05, 0.1) is 5.56 Å². The number of aromatic carboxylic acids is 1. The van der Waals surface area contributed by atoms with Crippen LogP contribution in [0.4, 0.5) is 0 Å². The highest BCUT2D eigenvalue weighted by molar-refractivity contribution is 5.94. The van der Waals surface area contributed by atoms with Gasteiger partial charge in [0.15, 0.2) is 5.82 Å².